The Balaban J connectivity index is 0.00000432. The molecule has 3 rings (SSSR count). The Kier molecular flexibility index (Phi) is 8.59. The van der Waals surface area contributed by atoms with E-state index in [1.54, 1.807) is 17.0 Å². The van der Waals surface area contributed by atoms with Gasteiger partial charge in [-0.25, -0.2) is 0 Å². The van der Waals surface area contributed by atoms with Crippen LogP contribution in [-0.2, 0) is 20.4 Å². The molecular formula is C28H37BrN2O4. The first kappa shape index (κ1) is 28.6. The molecule has 1 heterocycles. The number of rotatable bonds is 5. The van der Waals surface area contributed by atoms with Crippen molar-refractivity contribution in [3.8, 4) is 5.75 Å². The summed E-state index contributed by atoms with van der Waals surface area (Å²) in [7, 11) is 1.35. The highest BCUT2D eigenvalue weighted by atomic mass is 79.9. The Morgan fingerprint density at radius 1 is 1.03 bits per heavy atom. The third-order valence-electron chi connectivity index (χ3n) is 6.50. The molecule has 1 aliphatic rings. The van der Waals surface area contributed by atoms with E-state index in [0.717, 1.165) is 16.7 Å². The highest BCUT2D eigenvalue weighted by Gasteiger charge is 2.44. The van der Waals surface area contributed by atoms with Crippen LogP contribution in [0, 0.1) is 11.3 Å². The summed E-state index contributed by atoms with van der Waals surface area (Å²) in [6, 6.07) is 13.0. The first-order chi connectivity index (χ1) is 15.8. The number of amidine groups is 1. The summed E-state index contributed by atoms with van der Waals surface area (Å²) >= 11 is 0. The Hall–Kier alpha value is -2.67. The van der Waals surface area contributed by atoms with Gasteiger partial charge in [0.05, 0.1) is 25.5 Å². The number of nitrogens with one attached hydrogen (secondary N) is 1. The summed E-state index contributed by atoms with van der Waals surface area (Å²) in [5, 5.41) is 19.8. The van der Waals surface area contributed by atoms with E-state index in [-0.39, 0.29) is 64.2 Å². The van der Waals surface area contributed by atoms with Gasteiger partial charge in [-0.2, -0.15) is 0 Å². The summed E-state index contributed by atoms with van der Waals surface area (Å²) in [5.41, 5.74) is 2.08. The number of ketones is 1. The van der Waals surface area contributed by atoms with Crippen molar-refractivity contribution in [2.75, 3.05) is 20.2 Å². The summed E-state index contributed by atoms with van der Waals surface area (Å²) in [5.74, 6) is -1.10. The molecule has 2 N–H and O–H groups in total. The molecular weight excluding hydrogens is 508 g/mol. The number of methoxy groups -OCH3 is 1. The lowest BCUT2D eigenvalue weighted by Gasteiger charge is -2.28. The van der Waals surface area contributed by atoms with Gasteiger partial charge in [0, 0.05) is 23.2 Å². The molecule has 7 heteroatoms. The second kappa shape index (κ2) is 10.5. The van der Waals surface area contributed by atoms with Crippen molar-refractivity contribution >= 4 is 34.6 Å². The number of phenols is 1. The second-order valence-electron chi connectivity index (χ2n) is 11.1. The van der Waals surface area contributed by atoms with E-state index in [2.05, 4.69) is 0 Å². The van der Waals surface area contributed by atoms with Crippen LogP contribution in [0.2, 0.25) is 0 Å². The molecule has 6 nitrogen and oxygen atoms in total. The maximum Gasteiger partial charge on any atom is 0.311 e. The lowest BCUT2D eigenvalue weighted by Crippen LogP contribution is -2.32. The van der Waals surface area contributed by atoms with Crippen LogP contribution in [0.25, 0.3) is 0 Å². The molecule has 190 valence electrons. The van der Waals surface area contributed by atoms with Gasteiger partial charge in [0.25, 0.3) is 0 Å². The summed E-state index contributed by atoms with van der Waals surface area (Å²) < 4.78 is 5.02. The number of hydrogen-bond acceptors (Lipinski definition) is 5. The fourth-order valence-electron chi connectivity index (χ4n) is 4.59. The number of benzene rings is 2. The van der Waals surface area contributed by atoms with Crippen LogP contribution in [-0.4, -0.2) is 47.8 Å². The maximum absolute atomic E-state index is 13.5. The van der Waals surface area contributed by atoms with Crippen LogP contribution in [0.5, 0.6) is 5.75 Å². The van der Waals surface area contributed by atoms with Gasteiger partial charge in [0.1, 0.15) is 11.6 Å². The summed E-state index contributed by atoms with van der Waals surface area (Å²) in [4.78, 5) is 27.7. The minimum absolute atomic E-state index is 0. The standard InChI is InChI=1S/C28H36N2O4.BrH/c1-27(2,3)20-13-18(14-21(24(20)32)28(4,5)6)22(31)16-30-15-19(26(33)34-7)23(25(30)29)17-11-9-8-10-12-17;/h8-14,19,23,29,32H,15-16H2,1-7H3;1H/t19-,23+;/m0./s1. The second-order valence-corrected chi connectivity index (χ2v) is 11.1. The Labute approximate surface area is 219 Å². The number of esters is 1. The largest absolute Gasteiger partial charge is 0.507 e. The molecule has 0 saturated carbocycles. The quantitative estimate of drug-likeness (QED) is 0.376. The van der Waals surface area contributed by atoms with Gasteiger partial charge in [-0.15, -0.1) is 17.0 Å². The molecule has 2 atom stereocenters. The van der Waals surface area contributed by atoms with Gasteiger partial charge < -0.3 is 14.7 Å². The molecule has 1 aliphatic heterocycles. The Morgan fingerprint density at radius 2 is 1.54 bits per heavy atom. The molecule has 0 aliphatic carbocycles. The van der Waals surface area contributed by atoms with Crippen LogP contribution in [0.1, 0.15) is 74.5 Å². The monoisotopic (exact) mass is 544 g/mol. The third kappa shape index (κ3) is 5.95. The van der Waals surface area contributed by atoms with Gasteiger partial charge in [0.2, 0.25) is 0 Å². The fraction of sp³-hybridized carbons (Fsp3) is 0.464. The molecule has 0 bridgehead atoms. The smallest absolute Gasteiger partial charge is 0.311 e. The van der Waals surface area contributed by atoms with Crippen LogP contribution in [0.3, 0.4) is 0 Å². The average Bonchev–Trinajstić information content (AvgIpc) is 3.08. The van der Waals surface area contributed by atoms with Crippen molar-refractivity contribution in [1.29, 1.82) is 5.41 Å². The molecule has 0 radical (unpaired) electrons. The van der Waals surface area contributed by atoms with Crippen LogP contribution in [0.4, 0.5) is 0 Å². The molecule has 0 unspecified atom stereocenters. The average molecular weight is 546 g/mol. The van der Waals surface area contributed by atoms with E-state index in [9.17, 15) is 14.7 Å². The number of nitrogens with zero attached hydrogens (tertiary/aromatic N) is 1. The molecule has 2 aromatic rings. The first-order valence-corrected chi connectivity index (χ1v) is 11.6. The molecule has 2 aromatic carbocycles. The van der Waals surface area contributed by atoms with Gasteiger partial charge in [0.15, 0.2) is 5.78 Å². The Morgan fingerprint density at radius 3 is 2.00 bits per heavy atom. The van der Waals surface area contributed by atoms with Gasteiger partial charge in [-0.05, 0) is 28.5 Å². The third-order valence-corrected chi connectivity index (χ3v) is 6.50. The number of carbonyl (C=O) groups is 2. The molecule has 0 spiro atoms. The minimum Gasteiger partial charge on any atom is -0.507 e. The van der Waals surface area contributed by atoms with E-state index in [4.69, 9.17) is 10.1 Å². The lowest BCUT2D eigenvalue weighted by atomic mass is 9.78. The number of halogens is 1. The van der Waals surface area contributed by atoms with E-state index in [1.165, 1.54) is 7.11 Å². The predicted octanol–water partition coefficient (Wildman–Crippen LogP) is 5.61. The SMILES string of the molecule is Br.COC(=O)[C@H]1CN(CC(=O)c2cc(C(C)(C)C)c(O)c(C(C)(C)C)c2)C(=N)[C@@H]1c1ccccc1. The predicted molar refractivity (Wildman–Crippen MR) is 144 cm³/mol. The molecule has 1 fully saturated rings. The lowest BCUT2D eigenvalue weighted by molar-refractivity contribution is -0.145. The highest BCUT2D eigenvalue weighted by molar-refractivity contribution is 8.93. The van der Waals surface area contributed by atoms with Gasteiger partial charge >= 0.3 is 5.97 Å². The normalized spacial score (nSPS) is 18.3. The van der Waals surface area contributed by atoms with Crippen LogP contribution < -0.4 is 0 Å². The number of carbonyl (C=O) groups excluding carboxylic acids is 2. The van der Waals surface area contributed by atoms with Crippen molar-refractivity contribution in [2.24, 2.45) is 5.92 Å². The van der Waals surface area contributed by atoms with Crippen molar-refractivity contribution in [2.45, 2.75) is 58.3 Å². The molecule has 35 heavy (non-hydrogen) atoms. The zero-order valence-corrected chi connectivity index (χ0v) is 23.4. The maximum atomic E-state index is 13.5. The highest BCUT2D eigenvalue weighted by Crippen LogP contribution is 2.40. The Bertz CT molecular complexity index is 1070. The van der Waals surface area contributed by atoms with E-state index >= 15 is 0 Å². The topological polar surface area (TPSA) is 90.7 Å². The van der Waals surface area contributed by atoms with Crippen LogP contribution >= 0.6 is 17.0 Å². The van der Waals surface area contributed by atoms with E-state index in [1.807, 2.05) is 71.9 Å². The van der Waals surface area contributed by atoms with E-state index < -0.39 is 11.8 Å². The molecule has 0 aromatic heterocycles. The number of ether oxygens (including phenoxy) is 1. The van der Waals surface area contributed by atoms with Crippen molar-refractivity contribution in [1.82, 2.24) is 4.90 Å². The zero-order valence-electron chi connectivity index (χ0n) is 21.6. The van der Waals surface area contributed by atoms with E-state index in [0.29, 0.717) is 5.56 Å². The number of hydrogen-bond donors (Lipinski definition) is 2. The van der Waals surface area contributed by atoms with Crippen LogP contribution in [0.15, 0.2) is 42.5 Å². The summed E-state index contributed by atoms with van der Waals surface area (Å²) in [6.07, 6.45) is 0. The van der Waals surface area contributed by atoms with Crippen molar-refractivity contribution in [3.63, 3.8) is 0 Å². The van der Waals surface area contributed by atoms with Gasteiger partial charge in [-0.3, -0.25) is 15.0 Å². The number of Topliss-reactive ketones (excluding diaryl/α,β-unsaturated/α-hetero) is 1. The first-order valence-electron chi connectivity index (χ1n) is 11.6. The fourth-order valence-corrected chi connectivity index (χ4v) is 4.59. The number of phenolic OH excluding ortho intramolecular Hbond substituents is 1. The number of likely N-dealkylation sites (tertiary alicyclic amines) is 1. The molecule has 1 saturated heterocycles. The van der Waals surface area contributed by atoms with Crippen molar-refractivity contribution in [3.05, 3.63) is 64.7 Å². The zero-order chi connectivity index (χ0) is 25.4. The summed E-state index contributed by atoms with van der Waals surface area (Å²) in [6.45, 7) is 12.2. The molecule has 0 amide bonds. The number of aromatic hydroxyl groups is 1. The van der Waals surface area contributed by atoms with Gasteiger partial charge in [-0.1, -0.05) is 71.9 Å². The van der Waals surface area contributed by atoms with Crippen molar-refractivity contribution < 1.29 is 19.4 Å². The minimum atomic E-state index is -0.553.